The van der Waals surface area contributed by atoms with Crippen LogP contribution >= 0.6 is 0 Å². The number of hydrogen-bond acceptors (Lipinski definition) is 7. The van der Waals surface area contributed by atoms with Crippen LogP contribution in [-0.2, 0) is 21.4 Å². The monoisotopic (exact) mass is 501 g/mol. The maximum Gasteiger partial charge on any atom is 0.223 e. The number of carbonyl (C=O) groups excluding carboxylic acids is 1. The van der Waals surface area contributed by atoms with Crippen LogP contribution in [0, 0.1) is 11.8 Å². The molecule has 1 saturated heterocycles. The van der Waals surface area contributed by atoms with Gasteiger partial charge in [0.15, 0.2) is 0 Å². The summed E-state index contributed by atoms with van der Waals surface area (Å²) in [7, 11) is 1.73. The van der Waals surface area contributed by atoms with Gasteiger partial charge in [-0.05, 0) is 57.4 Å². The van der Waals surface area contributed by atoms with Crippen LogP contribution in [0.3, 0.4) is 0 Å². The Kier molecular flexibility index (Phi) is 9.23. The standard InChI is InChI=1S/C28H47N5O3/c1-28(2,3)27-30-22(10-16-36-4)19-25(31-27)33-14-12-32(13-15-33)11-9-20-17-23(18-20)29-26(35)21-5-7-24(34)8-6-21/h19-21,23-24,34H,5-18H2,1-4H3,(H,29,35). The average Bonchev–Trinajstić information content (AvgIpc) is 2.84. The normalized spacial score (nSPS) is 27.5. The highest BCUT2D eigenvalue weighted by molar-refractivity contribution is 5.79. The summed E-state index contributed by atoms with van der Waals surface area (Å²) in [6.07, 6.45) is 7.23. The Morgan fingerprint density at radius 1 is 1.11 bits per heavy atom. The number of nitrogens with zero attached hydrogens (tertiary/aromatic N) is 4. The van der Waals surface area contributed by atoms with Gasteiger partial charge in [-0.15, -0.1) is 0 Å². The van der Waals surface area contributed by atoms with Crippen molar-refractivity contribution < 1.29 is 14.6 Å². The highest BCUT2D eigenvalue weighted by Crippen LogP contribution is 2.32. The van der Waals surface area contributed by atoms with Gasteiger partial charge in [0, 0.05) is 68.8 Å². The lowest BCUT2D eigenvalue weighted by atomic mass is 9.77. The van der Waals surface area contributed by atoms with E-state index in [0.717, 1.165) is 101 Å². The fourth-order valence-electron chi connectivity index (χ4n) is 5.63. The maximum atomic E-state index is 12.5. The molecule has 2 saturated carbocycles. The molecule has 8 heteroatoms. The number of aliphatic hydroxyl groups is 1. The molecule has 1 aromatic heterocycles. The van der Waals surface area contributed by atoms with Gasteiger partial charge in [-0.25, -0.2) is 9.97 Å². The molecule has 4 rings (SSSR count). The van der Waals surface area contributed by atoms with Gasteiger partial charge in [-0.1, -0.05) is 20.8 Å². The van der Waals surface area contributed by atoms with Crippen LogP contribution in [0.1, 0.15) is 77.2 Å². The fraction of sp³-hybridized carbons (Fsp3) is 0.821. The summed E-state index contributed by atoms with van der Waals surface area (Å²) in [5, 5.41) is 12.9. The van der Waals surface area contributed by atoms with Crippen molar-refractivity contribution in [3.63, 3.8) is 0 Å². The molecule has 2 aliphatic carbocycles. The van der Waals surface area contributed by atoms with E-state index in [4.69, 9.17) is 14.7 Å². The molecule has 3 aliphatic rings. The number of methoxy groups -OCH3 is 1. The highest BCUT2D eigenvalue weighted by atomic mass is 16.5. The second kappa shape index (κ2) is 12.2. The quantitative estimate of drug-likeness (QED) is 0.538. The first kappa shape index (κ1) is 27.3. The van der Waals surface area contributed by atoms with Crippen LogP contribution < -0.4 is 10.2 Å². The molecule has 1 aliphatic heterocycles. The SMILES string of the molecule is COCCc1cc(N2CCN(CCC3CC(NC(=O)C4CCC(O)CC4)C3)CC2)nc(C(C)(C)C)n1. The lowest BCUT2D eigenvalue weighted by molar-refractivity contribution is -0.128. The zero-order valence-electron chi connectivity index (χ0n) is 22.8. The van der Waals surface area contributed by atoms with Crippen molar-refractivity contribution in [3.05, 3.63) is 17.6 Å². The second-order valence-electron chi connectivity index (χ2n) is 12.2. The molecule has 36 heavy (non-hydrogen) atoms. The summed E-state index contributed by atoms with van der Waals surface area (Å²) in [6.45, 7) is 12.4. The van der Waals surface area contributed by atoms with E-state index in [1.165, 1.54) is 6.42 Å². The lowest BCUT2D eigenvalue weighted by Crippen LogP contribution is -2.49. The van der Waals surface area contributed by atoms with Crippen molar-refractivity contribution in [2.75, 3.05) is 51.3 Å². The van der Waals surface area contributed by atoms with Crippen molar-refractivity contribution in [1.82, 2.24) is 20.2 Å². The largest absolute Gasteiger partial charge is 0.393 e. The Bertz CT molecular complexity index is 851. The van der Waals surface area contributed by atoms with Gasteiger partial charge < -0.3 is 20.1 Å². The van der Waals surface area contributed by atoms with Crippen LogP contribution in [0.2, 0.25) is 0 Å². The van der Waals surface area contributed by atoms with Gasteiger partial charge in [0.2, 0.25) is 5.91 Å². The Hall–Kier alpha value is -1.77. The molecule has 1 aromatic rings. The van der Waals surface area contributed by atoms with E-state index in [2.05, 4.69) is 42.0 Å². The number of nitrogens with one attached hydrogen (secondary N) is 1. The minimum absolute atomic E-state index is 0.0847. The molecule has 2 heterocycles. The first-order valence-electron chi connectivity index (χ1n) is 14.0. The van der Waals surface area contributed by atoms with Crippen molar-refractivity contribution in [2.24, 2.45) is 11.8 Å². The van der Waals surface area contributed by atoms with E-state index >= 15 is 0 Å². The van der Waals surface area contributed by atoms with Gasteiger partial charge in [0.05, 0.1) is 12.7 Å². The van der Waals surface area contributed by atoms with Gasteiger partial charge in [-0.2, -0.15) is 0 Å². The topological polar surface area (TPSA) is 90.8 Å². The number of hydrogen-bond donors (Lipinski definition) is 2. The number of piperazine rings is 1. The lowest BCUT2D eigenvalue weighted by Gasteiger charge is -2.40. The van der Waals surface area contributed by atoms with Crippen LogP contribution in [0.25, 0.3) is 0 Å². The predicted molar refractivity (Wildman–Crippen MR) is 142 cm³/mol. The van der Waals surface area contributed by atoms with Crippen molar-refractivity contribution >= 4 is 11.7 Å². The molecular formula is C28H47N5O3. The Labute approximate surface area is 217 Å². The number of carbonyl (C=O) groups is 1. The number of rotatable bonds is 9. The van der Waals surface area contributed by atoms with E-state index in [1.54, 1.807) is 7.11 Å². The number of amides is 1. The number of aromatic nitrogens is 2. The van der Waals surface area contributed by atoms with E-state index in [-0.39, 0.29) is 23.3 Å². The zero-order valence-corrected chi connectivity index (χ0v) is 22.8. The molecule has 0 aromatic carbocycles. The molecule has 0 radical (unpaired) electrons. The predicted octanol–water partition coefficient (Wildman–Crippen LogP) is 2.92. The van der Waals surface area contributed by atoms with Crippen LogP contribution in [0.4, 0.5) is 5.82 Å². The van der Waals surface area contributed by atoms with Crippen LogP contribution in [-0.4, -0.2) is 84.5 Å². The molecule has 1 amide bonds. The van der Waals surface area contributed by atoms with Gasteiger partial charge in [0.25, 0.3) is 0 Å². The maximum absolute atomic E-state index is 12.5. The average molecular weight is 502 g/mol. The molecule has 2 N–H and O–H groups in total. The zero-order chi connectivity index (χ0) is 25.7. The summed E-state index contributed by atoms with van der Waals surface area (Å²) in [4.78, 5) is 27.2. The van der Waals surface area contributed by atoms with Gasteiger partial charge in [0.1, 0.15) is 11.6 Å². The number of ether oxygens (including phenoxy) is 1. The minimum atomic E-state index is -0.204. The van der Waals surface area contributed by atoms with E-state index in [0.29, 0.717) is 12.6 Å². The Balaban J connectivity index is 1.18. The molecule has 0 spiro atoms. The Morgan fingerprint density at radius 3 is 2.44 bits per heavy atom. The summed E-state index contributed by atoms with van der Waals surface area (Å²) in [5.74, 6) is 2.99. The van der Waals surface area contributed by atoms with Gasteiger partial charge >= 0.3 is 0 Å². The molecule has 0 atom stereocenters. The number of anilines is 1. The van der Waals surface area contributed by atoms with E-state index < -0.39 is 0 Å². The third-order valence-electron chi connectivity index (χ3n) is 8.20. The Morgan fingerprint density at radius 2 is 1.81 bits per heavy atom. The van der Waals surface area contributed by atoms with E-state index in [1.807, 2.05) is 0 Å². The molecule has 8 nitrogen and oxygen atoms in total. The highest BCUT2D eigenvalue weighted by Gasteiger charge is 2.33. The smallest absolute Gasteiger partial charge is 0.223 e. The molecule has 0 bridgehead atoms. The molecular weight excluding hydrogens is 454 g/mol. The number of aliphatic hydroxyl groups excluding tert-OH is 1. The molecule has 202 valence electrons. The van der Waals surface area contributed by atoms with Crippen molar-refractivity contribution in [2.45, 2.75) is 89.7 Å². The van der Waals surface area contributed by atoms with Crippen LogP contribution in [0.15, 0.2) is 6.07 Å². The molecule has 3 fully saturated rings. The second-order valence-corrected chi connectivity index (χ2v) is 12.2. The first-order valence-corrected chi connectivity index (χ1v) is 14.0. The summed E-state index contributed by atoms with van der Waals surface area (Å²) in [5.41, 5.74) is 0.973. The van der Waals surface area contributed by atoms with Crippen molar-refractivity contribution in [1.29, 1.82) is 0 Å². The fourth-order valence-corrected chi connectivity index (χ4v) is 5.63. The summed E-state index contributed by atoms with van der Waals surface area (Å²) < 4.78 is 5.28. The minimum Gasteiger partial charge on any atom is -0.393 e. The third-order valence-corrected chi connectivity index (χ3v) is 8.20. The summed E-state index contributed by atoms with van der Waals surface area (Å²) in [6, 6.07) is 2.50. The molecule has 0 unspecified atom stereocenters. The van der Waals surface area contributed by atoms with Gasteiger partial charge in [-0.3, -0.25) is 9.69 Å². The first-order chi connectivity index (χ1) is 17.2. The van der Waals surface area contributed by atoms with Crippen molar-refractivity contribution in [3.8, 4) is 0 Å². The van der Waals surface area contributed by atoms with E-state index in [9.17, 15) is 9.90 Å². The summed E-state index contributed by atoms with van der Waals surface area (Å²) >= 11 is 0. The third kappa shape index (κ3) is 7.39. The van der Waals surface area contributed by atoms with Crippen LogP contribution in [0.5, 0.6) is 0 Å².